The fourth-order valence-corrected chi connectivity index (χ4v) is 1.76. The summed E-state index contributed by atoms with van der Waals surface area (Å²) in [6.07, 6.45) is 5.54. The number of hydrogen-bond acceptors (Lipinski definition) is 3. The molecule has 1 aromatic carbocycles. The number of hydrogen-bond donors (Lipinski definition) is 1. The number of anilines is 2. The molecular weight excluding hydrogens is 226 g/mol. The van der Waals surface area contributed by atoms with Gasteiger partial charge in [-0.25, -0.2) is 4.98 Å². The molecule has 18 heavy (non-hydrogen) atoms. The number of aromatic nitrogens is 4. The topological polar surface area (TPSA) is 47.7 Å². The van der Waals surface area contributed by atoms with Crippen molar-refractivity contribution in [2.45, 2.75) is 0 Å². The number of para-hydroxylation sites is 1. The number of rotatable bonds is 3. The molecule has 3 aromatic rings. The van der Waals surface area contributed by atoms with Gasteiger partial charge in [0.05, 0.1) is 0 Å². The summed E-state index contributed by atoms with van der Waals surface area (Å²) in [6, 6.07) is 11.9. The van der Waals surface area contributed by atoms with Crippen LogP contribution in [-0.2, 0) is 7.05 Å². The molecule has 0 radical (unpaired) electrons. The second kappa shape index (κ2) is 4.37. The van der Waals surface area contributed by atoms with Gasteiger partial charge in [-0.05, 0) is 12.1 Å². The molecule has 90 valence electrons. The van der Waals surface area contributed by atoms with Crippen LogP contribution < -0.4 is 5.32 Å². The molecule has 0 aliphatic heterocycles. The SMILES string of the molecule is Cn1ccc(-n2ccnc2Nc2ccccc2)n1. The lowest BCUT2D eigenvalue weighted by Crippen LogP contribution is -2.02. The van der Waals surface area contributed by atoms with Crippen molar-refractivity contribution in [1.82, 2.24) is 19.3 Å². The molecule has 2 aromatic heterocycles. The summed E-state index contributed by atoms with van der Waals surface area (Å²) < 4.78 is 3.68. The fourth-order valence-electron chi connectivity index (χ4n) is 1.76. The van der Waals surface area contributed by atoms with Crippen molar-refractivity contribution in [3.8, 4) is 5.82 Å². The highest BCUT2D eigenvalue weighted by Gasteiger charge is 2.06. The first-order chi connectivity index (χ1) is 8.83. The highest BCUT2D eigenvalue weighted by atomic mass is 15.3. The summed E-state index contributed by atoms with van der Waals surface area (Å²) in [5, 5.41) is 7.62. The molecular formula is C13H13N5. The van der Waals surface area contributed by atoms with Gasteiger partial charge < -0.3 is 5.32 Å². The summed E-state index contributed by atoms with van der Waals surface area (Å²) in [6.45, 7) is 0. The van der Waals surface area contributed by atoms with Crippen molar-refractivity contribution in [1.29, 1.82) is 0 Å². The van der Waals surface area contributed by atoms with Gasteiger partial charge in [0, 0.05) is 37.4 Å². The lowest BCUT2D eigenvalue weighted by Gasteiger charge is -2.07. The quantitative estimate of drug-likeness (QED) is 0.763. The third-order valence-corrected chi connectivity index (χ3v) is 2.62. The van der Waals surface area contributed by atoms with Crippen LogP contribution in [0.5, 0.6) is 0 Å². The van der Waals surface area contributed by atoms with Gasteiger partial charge >= 0.3 is 0 Å². The third kappa shape index (κ3) is 1.98. The maximum atomic E-state index is 4.36. The largest absolute Gasteiger partial charge is 0.325 e. The van der Waals surface area contributed by atoms with E-state index in [2.05, 4.69) is 15.4 Å². The second-order valence-corrected chi connectivity index (χ2v) is 3.96. The molecule has 0 aliphatic carbocycles. The highest BCUT2D eigenvalue weighted by molar-refractivity contribution is 5.54. The molecule has 0 saturated heterocycles. The van der Waals surface area contributed by atoms with Gasteiger partial charge in [0.25, 0.3) is 0 Å². The number of nitrogens with zero attached hydrogens (tertiary/aromatic N) is 4. The Bertz CT molecular complexity index is 638. The van der Waals surface area contributed by atoms with E-state index >= 15 is 0 Å². The van der Waals surface area contributed by atoms with Crippen LogP contribution in [-0.4, -0.2) is 19.3 Å². The van der Waals surface area contributed by atoms with Crippen molar-refractivity contribution < 1.29 is 0 Å². The standard InChI is InChI=1S/C13H13N5/c1-17-9-7-12(16-17)18-10-8-14-13(18)15-11-5-3-2-4-6-11/h2-10H,1H3,(H,14,15). The predicted octanol–water partition coefficient (Wildman–Crippen LogP) is 2.35. The average Bonchev–Trinajstić information content (AvgIpc) is 2.99. The molecule has 0 unspecified atom stereocenters. The highest BCUT2D eigenvalue weighted by Crippen LogP contribution is 2.17. The molecule has 0 aliphatic rings. The van der Waals surface area contributed by atoms with Gasteiger partial charge in [-0.3, -0.25) is 9.25 Å². The molecule has 0 bridgehead atoms. The van der Waals surface area contributed by atoms with Gasteiger partial charge in [-0.2, -0.15) is 5.10 Å². The minimum atomic E-state index is 0.750. The van der Waals surface area contributed by atoms with E-state index in [0.29, 0.717) is 0 Å². The Morgan fingerprint density at radius 2 is 1.89 bits per heavy atom. The Labute approximate surface area is 105 Å². The van der Waals surface area contributed by atoms with Crippen LogP contribution in [0, 0.1) is 0 Å². The Hall–Kier alpha value is -2.56. The van der Waals surface area contributed by atoms with Crippen LogP contribution >= 0.6 is 0 Å². The molecule has 2 heterocycles. The van der Waals surface area contributed by atoms with E-state index in [9.17, 15) is 0 Å². The minimum absolute atomic E-state index is 0.750. The van der Waals surface area contributed by atoms with Crippen LogP contribution in [0.4, 0.5) is 11.6 Å². The summed E-state index contributed by atoms with van der Waals surface area (Å²) in [5.74, 6) is 1.59. The zero-order valence-corrected chi connectivity index (χ0v) is 9.99. The van der Waals surface area contributed by atoms with Crippen molar-refractivity contribution >= 4 is 11.6 Å². The Balaban J connectivity index is 1.93. The lowest BCUT2D eigenvalue weighted by atomic mass is 10.3. The van der Waals surface area contributed by atoms with Crippen LogP contribution in [0.25, 0.3) is 5.82 Å². The summed E-state index contributed by atoms with van der Waals surface area (Å²) in [4.78, 5) is 4.30. The zero-order valence-electron chi connectivity index (χ0n) is 9.99. The van der Waals surface area contributed by atoms with Crippen molar-refractivity contribution in [3.05, 3.63) is 55.0 Å². The van der Waals surface area contributed by atoms with Crippen LogP contribution in [0.1, 0.15) is 0 Å². The molecule has 0 amide bonds. The second-order valence-electron chi connectivity index (χ2n) is 3.96. The van der Waals surface area contributed by atoms with Gasteiger partial charge in [-0.1, -0.05) is 18.2 Å². The molecule has 0 spiro atoms. The molecule has 3 rings (SSSR count). The Kier molecular flexibility index (Phi) is 2.57. The number of aryl methyl sites for hydroxylation is 1. The lowest BCUT2D eigenvalue weighted by molar-refractivity contribution is 0.752. The molecule has 5 heteroatoms. The van der Waals surface area contributed by atoms with Crippen LogP contribution in [0.15, 0.2) is 55.0 Å². The summed E-state index contributed by atoms with van der Waals surface area (Å²) in [5.41, 5.74) is 1.00. The van der Waals surface area contributed by atoms with E-state index in [1.807, 2.05) is 60.4 Å². The fraction of sp³-hybridized carbons (Fsp3) is 0.0769. The van der Waals surface area contributed by atoms with Crippen LogP contribution in [0.3, 0.4) is 0 Å². The van der Waals surface area contributed by atoms with E-state index in [1.54, 1.807) is 10.9 Å². The molecule has 0 saturated carbocycles. The van der Waals surface area contributed by atoms with E-state index < -0.39 is 0 Å². The number of benzene rings is 1. The first-order valence-electron chi connectivity index (χ1n) is 5.68. The zero-order chi connectivity index (χ0) is 12.4. The number of imidazole rings is 1. The van der Waals surface area contributed by atoms with Gasteiger partial charge in [0.1, 0.15) is 0 Å². The predicted molar refractivity (Wildman–Crippen MR) is 70.1 cm³/mol. The smallest absolute Gasteiger partial charge is 0.213 e. The molecule has 1 N–H and O–H groups in total. The minimum Gasteiger partial charge on any atom is -0.325 e. The van der Waals surface area contributed by atoms with Crippen molar-refractivity contribution in [2.75, 3.05) is 5.32 Å². The van der Waals surface area contributed by atoms with Crippen LogP contribution in [0.2, 0.25) is 0 Å². The molecule has 0 fully saturated rings. The van der Waals surface area contributed by atoms with E-state index in [1.165, 1.54) is 0 Å². The van der Waals surface area contributed by atoms with Gasteiger partial charge in [0.2, 0.25) is 5.95 Å². The first kappa shape index (κ1) is 10.6. The Morgan fingerprint density at radius 3 is 2.61 bits per heavy atom. The summed E-state index contributed by atoms with van der Waals surface area (Å²) >= 11 is 0. The van der Waals surface area contributed by atoms with E-state index in [-0.39, 0.29) is 0 Å². The molecule has 0 atom stereocenters. The monoisotopic (exact) mass is 239 g/mol. The van der Waals surface area contributed by atoms with Crippen molar-refractivity contribution in [3.63, 3.8) is 0 Å². The number of nitrogens with one attached hydrogen (secondary N) is 1. The average molecular weight is 239 g/mol. The van der Waals surface area contributed by atoms with Gasteiger partial charge in [0.15, 0.2) is 5.82 Å². The molecule has 5 nitrogen and oxygen atoms in total. The Morgan fingerprint density at radius 1 is 1.06 bits per heavy atom. The van der Waals surface area contributed by atoms with E-state index in [0.717, 1.165) is 17.5 Å². The third-order valence-electron chi connectivity index (χ3n) is 2.62. The maximum absolute atomic E-state index is 4.36. The first-order valence-corrected chi connectivity index (χ1v) is 5.68. The van der Waals surface area contributed by atoms with E-state index in [4.69, 9.17) is 0 Å². The summed E-state index contributed by atoms with van der Waals surface area (Å²) in [7, 11) is 1.89. The van der Waals surface area contributed by atoms with Gasteiger partial charge in [-0.15, -0.1) is 0 Å². The normalized spacial score (nSPS) is 10.5. The maximum Gasteiger partial charge on any atom is 0.213 e. The van der Waals surface area contributed by atoms with Crippen molar-refractivity contribution in [2.24, 2.45) is 7.05 Å².